The van der Waals surface area contributed by atoms with Crippen molar-refractivity contribution in [2.45, 2.75) is 18.8 Å². The first-order chi connectivity index (χ1) is 13.6. The summed E-state index contributed by atoms with van der Waals surface area (Å²) in [4.78, 5) is 29.3. The molecule has 0 unspecified atom stereocenters. The third-order valence-corrected chi connectivity index (χ3v) is 6.10. The second-order valence-corrected chi connectivity index (χ2v) is 7.78. The molecule has 1 amide bonds. The van der Waals surface area contributed by atoms with Gasteiger partial charge in [0, 0.05) is 25.1 Å². The molecule has 1 fully saturated rings. The quantitative estimate of drug-likeness (QED) is 0.480. The molecule has 4 rings (SSSR count). The van der Waals surface area contributed by atoms with E-state index in [0.29, 0.717) is 24.8 Å². The van der Waals surface area contributed by atoms with Gasteiger partial charge in [-0.1, -0.05) is 18.2 Å². The number of aromatic nitrogens is 1. The van der Waals surface area contributed by atoms with E-state index in [1.807, 2.05) is 18.2 Å². The number of non-ortho nitro benzene ring substituents is 1. The number of thiazole rings is 1. The van der Waals surface area contributed by atoms with Gasteiger partial charge in [-0.15, -0.1) is 11.3 Å². The Morgan fingerprint density at radius 1 is 1.21 bits per heavy atom. The maximum absolute atomic E-state index is 12.4. The molecule has 0 bridgehead atoms. The van der Waals surface area contributed by atoms with E-state index >= 15 is 0 Å². The van der Waals surface area contributed by atoms with Crippen LogP contribution in [0.5, 0.6) is 5.75 Å². The van der Waals surface area contributed by atoms with E-state index in [2.05, 4.69) is 6.07 Å². The van der Waals surface area contributed by atoms with E-state index in [1.54, 1.807) is 28.4 Å². The second kappa shape index (κ2) is 7.93. The molecule has 0 N–H and O–H groups in total. The SMILES string of the molecule is O=C(COc1cccc([N+](=O)[O-])c1)N1CCC(c2nc3ccccc3s2)CC1. The van der Waals surface area contributed by atoms with Crippen LogP contribution in [0, 0.1) is 10.1 Å². The predicted molar refractivity (Wildman–Crippen MR) is 107 cm³/mol. The van der Waals surface area contributed by atoms with Crippen LogP contribution in [0.25, 0.3) is 10.2 Å². The number of hydrogen-bond acceptors (Lipinski definition) is 6. The maximum atomic E-state index is 12.4. The van der Waals surface area contributed by atoms with E-state index in [0.717, 1.165) is 23.4 Å². The summed E-state index contributed by atoms with van der Waals surface area (Å²) in [5.74, 6) is 0.598. The average molecular weight is 397 g/mol. The third-order valence-electron chi connectivity index (χ3n) is 4.90. The smallest absolute Gasteiger partial charge is 0.273 e. The molecule has 28 heavy (non-hydrogen) atoms. The number of para-hydroxylation sites is 1. The van der Waals surface area contributed by atoms with Crippen LogP contribution in [-0.2, 0) is 4.79 Å². The molecule has 144 valence electrons. The molecule has 1 aliphatic heterocycles. The number of nitrogens with zero attached hydrogens (tertiary/aromatic N) is 3. The van der Waals surface area contributed by atoms with E-state index in [-0.39, 0.29) is 18.2 Å². The van der Waals surface area contributed by atoms with Crippen LogP contribution >= 0.6 is 11.3 Å². The summed E-state index contributed by atoms with van der Waals surface area (Å²) in [6.07, 6.45) is 1.75. The molecule has 0 atom stereocenters. The van der Waals surface area contributed by atoms with Crippen molar-refractivity contribution in [1.82, 2.24) is 9.88 Å². The average Bonchev–Trinajstić information content (AvgIpc) is 3.16. The number of carbonyl (C=O) groups excluding carboxylic acids is 1. The summed E-state index contributed by atoms with van der Waals surface area (Å²) < 4.78 is 6.65. The Bertz CT molecular complexity index is 978. The molecule has 1 aromatic heterocycles. The number of nitro groups is 1. The molecule has 0 radical (unpaired) electrons. The van der Waals surface area contributed by atoms with Crippen molar-refractivity contribution < 1.29 is 14.5 Å². The largest absolute Gasteiger partial charge is 0.484 e. The standard InChI is InChI=1S/C20H19N3O4S/c24-19(13-27-16-5-3-4-15(12-16)23(25)26)22-10-8-14(9-11-22)20-21-17-6-1-2-7-18(17)28-20/h1-7,12,14H,8-11,13H2. The summed E-state index contributed by atoms with van der Waals surface area (Å²) in [7, 11) is 0. The Hall–Kier alpha value is -3.00. The van der Waals surface area contributed by atoms with Gasteiger partial charge in [0.25, 0.3) is 11.6 Å². The Morgan fingerprint density at radius 2 is 2.00 bits per heavy atom. The first-order valence-electron chi connectivity index (χ1n) is 9.10. The van der Waals surface area contributed by atoms with Crippen LogP contribution in [0.1, 0.15) is 23.8 Å². The molecular formula is C20H19N3O4S. The number of nitro benzene ring substituents is 1. The zero-order valence-corrected chi connectivity index (χ0v) is 15.9. The number of carbonyl (C=O) groups is 1. The molecule has 1 saturated heterocycles. The van der Waals surface area contributed by atoms with Gasteiger partial charge in [0.05, 0.1) is 26.2 Å². The van der Waals surface area contributed by atoms with Crippen LogP contribution in [0.2, 0.25) is 0 Å². The van der Waals surface area contributed by atoms with Gasteiger partial charge in [-0.25, -0.2) is 4.98 Å². The van der Waals surface area contributed by atoms with Crippen molar-refractivity contribution in [2.75, 3.05) is 19.7 Å². The van der Waals surface area contributed by atoms with Gasteiger partial charge in [0.1, 0.15) is 5.75 Å². The van der Waals surface area contributed by atoms with Gasteiger partial charge in [0.2, 0.25) is 0 Å². The Labute approximate surface area is 165 Å². The Morgan fingerprint density at radius 3 is 2.75 bits per heavy atom. The number of fused-ring (bicyclic) bond motifs is 1. The first-order valence-corrected chi connectivity index (χ1v) is 9.92. The highest BCUT2D eigenvalue weighted by molar-refractivity contribution is 7.18. The maximum Gasteiger partial charge on any atom is 0.273 e. The van der Waals surface area contributed by atoms with Gasteiger partial charge >= 0.3 is 0 Å². The number of amides is 1. The van der Waals surface area contributed by atoms with Crippen LogP contribution < -0.4 is 4.74 Å². The monoisotopic (exact) mass is 397 g/mol. The lowest BCUT2D eigenvalue weighted by molar-refractivity contribution is -0.384. The summed E-state index contributed by atoms with van der Waals surface area (Å²) in [5.41, 5.74) is 0.980. The number of ether oxygens (including phenoxy) is 1. The highest BCUT2D eigenvalue weighted by atomic mass is 32.1. The van der Waals surface area contributed by atoms with E-state index in [9.17, 15) is 14.9 Å². The van der Waals surface area contributed by atoms with Gasteiger partial charge in [-0.2, -0.15) is 0 Å². The van der Waals surface area contributed by atoms with Gasteiger partial charge < -0.3 is 9.64 Å². The highest BCUT2D eigenvalue weighted by Crippen LogP contribution is 2.33. The van der Waals surface area contributed by atoms with Crippen molar-refractivity contribution in [3.05, 3.63) is 63.7 Å². The molecular weight excluding hydrogens is 378 g/mol. The Kier molecular flexibility index (Phi) is 5.21. The lowest BCUT2D eigenvalue weighted by Crippen LogP contribution is -2.40. The minimum absolute atomic E-state index is 0.0541. The highest BCUT2D eigenvalue weighted by Gasteiger charge is 2.26. The van der Waals surface area contributed by atoms with Crippen molar-refractivity contribution in [3.63, 3.8) is 0 Å². The van der Waals surface area contributed by atoms with E-state index < -0.39 is 4.92 Å². The van der Waals surface area contributed by atoms with Crippen molar-refractivity contribution in [2.24, 2.45) is 0 Å². The zero-order valence-electron chi connectivity index (χ0n) is 15.1. The van der Waals surface area contributed by atoms with E-state index in [4.69, 9.17) is 9.72 Å². The summed E-state index contributed by atoms with van der Waals surface area (Å²) in [6, 6.07) is 14.0. The summed E-state index contributed by atoms with van der Waals surface area (Å²) >= 11 is 1.73. The number of piperidine rings is 1. The fourth-order valence-electron chi connectivity index (χ4n) is 3.36. The predicted octanol–water partition coefficient (Wildman–Crippen LogP) is 3.99. The van der Waals surface area contributed by atoms with Gasteiger partial charge in [-0.05, 0) is 31.0 Å². The normalized spacial score (nSPS) is 14.9. The molecule has 2 aromatic carbocycles. The van der Waals surface area contributed by atoms with Gasteiger partial charge in [-0.3, -0.25) is 14.9 Å². The summed E-state index contributed by atoms with van der Waals surface area (Å²) in [6.45, 7) is 1.21. The molecule has 2 heterocycles. The number of hydrogen-bond donors (Lipinski definition) is 0. The van der Waals surface area contributed by atoms with Crippen LogP contribution in [-0.4, -0.2) is 40.4 Å². The van der Waals surface area contributed by atoms with Gasteiger partial charge in [0.15, 0.2) is 6.61 Å². The molecule has 8 heteroatoms. The van der Waals surface area contributed by atoms with Crippen LogP contribution in [0.15, 0.2) is 48.5 Å². The number of rotatable bonds is 5. The Balaban J connectivity index is 1.31. The van der Waals surface area contributed by atoms with E-state index in [1.165, 1.54) is 16.8 Å². The fourth-order valence-corrected chi connectivity index (χ4v) is 4.50. The number of likely N-dealkylation sites (tertiary alicyclic amines) is 1. The fraction of sp³-hybridized carbons (Fsp3) is 0.300. The molecule has 7 nitrogen and oxygen atoms in total. The van der Waals surface area contributed by atoms with Crippen molar-refractivity contribution >= 4 is 33.1 Å². The molecule has 0 aliphatic carbocycles. The topological polar surface area (TPSA) is 85.6 Å². The lowest BCUT2D eigenvalue weighted by atomic mass is 9.97. The minimum atomic E-state index is -0.485. The van der Waals surface area contributed by atoms with Crippen molar-refractivity contribution in [1.29, 1.82) is 0 Å². The molecule has 1 aliphatic rings. The van der Waals surface area contributed by atoms with Crippen molar-refractivity contribution in [3.8, 4) is 5.75 Å². The second-order valence-electron chi connectivity index (χ2n) is 6.72. The lowest BCUT2D eigenvalue weighted by Gasteiger charge is -2.31. The third kappa shape index (κ3) is 3.96. The first kappa shape index (κ1) is 18.4. The van der Waals surface area contributed by atoms with Crippen LogP contribution in [0.3, 0.4) is 0 Å². The minimum Gasteiger partial charge on any atom is -0.484 e. The summed E-state index contributed by atoms with van der Waals surface area (Å²) in [5, 5.41) is 12.0. The molecule has 0 spiro atoms. The molecule has 0 saturated carbocycles. The number of benzene rings is 2. The zero-order chi connectivity index (χ0) is 19.5. The molecule has 3 aromatic rings. The van der Waals surface area contributed by atoms with Crippen LogP contribution in [0.4, 0.5) is 5.69 Å².